The molecule has 3 aromatic rings. The van der Waals surface area contributed by atoms with Gasteiger partial charge in [-0.2, -0.15) is 0 Å². The van der Waals surface area contributed by atoms with Crippen molar-refractivity contribution in [2.75, 3.05) is 19.0 Å². The zero-order valence-electron chi connectivity index (χ0n) is 15.3. The van der Waals surface area contributed by atoms with Crippen LogP contribution in [0.5, 0.6) is 17.2 Å². The summed E-state index contributed by atoms with van der Waals surface area (Å²) >= 11 is 0. The summed E-state index contributed by atoms with van der Waals surface area (Å²) in [6.07, 6.45) is 0. The number of hydrogen-bond acceptors (Lipinski definition) is 5. The van der Waals surface area contributed by atoms with Gasteiger partial charge in [-0.1, -0.05) is 42.5 Å². The van der Waals surface area contributed by atoms with Gasteiger partial charge in [0.2, 0.25) is 0 Å². The van der Waals surface area contributed by atoms with Crippen molar-refractivity contribution < 1.29 is 23.8 Å². The summed E-state index contributed by atoms with van der Waals surface area (Å²) < 4.78 is 16.0. The fraction of sp³-hybridized carbons (Fsp3) is 0.0909. The molecule has 0 atom stereocenters. The van der Waals surface area contributed by atoms with Crippen molar-refractivity contribution >= 4 is 17.6 Å². The highest BCUT2D eigenvalue weighted by Crippen LogP contribution is 2.29. The van der Waals surface area contributed by atoms with Crippen LogP contribution in [-0.4, -0.2) is 25.6 Å². The summed E-state index contributed by atoms with van der Waals surface area (Å²) in [6, 6.07) is 22.9. The standard InChI is InChI=1S/C22H19NO5/c1-26-19-13-7-5-11-17(19)22(25)27-15-21(24)23-18-12-6-8-14-20(18)28-16-9-3-2-4-10-16/h2-14H,15H2,1H3,(H,23,24). The van der Waals surface area contributed by atoms with E-state index in [2.05, 4.69) is 5.32 Å². The van der Waals surface area contributed by atoms with E-state index in [0.717, 1.165) is 0 Å². The highest BCUT2D eigenvalue weighted by Gasteiger charge is 2.15. The van der Waals surface area contributed by atoms with Crippen molar-refractivity contribution in [2.45, 2.75) is 0 Å². The number of benzene rings is 3. The van der Waals surface area contributed by atoms with Crippen LogP contribution < -0.4 is 14.8 Å². The number of methoxy groups -OCH3 is 1. The maximum absolute atomic E-state index is 12.2. The Morgan fingerprint density at radius 2 is 1.46 bits per heavy atom. The Bertz CT molecular complexity index is 956. The number of hydrogen-bond donors (Lipinski definition) is 1. The lowest BCUT2D eigenvalue weighted by Crippen LogP contribution is -2.21. The largest absolute Gasteiger partial charge is 0.496 e. The first-order valence-corrected chi connectivity index (χ1v) is 8.59. The summed E-state index contributed by atoms with van der Waals surface area (Å²) in [6.45, 7) is -0.434. The van der Waals surface area contributed by atoms with Crippen LogP contribution in [0, 0.1) is 0 Å². The van der Waals surface area contributed by atoms with Crippen molar-refractivity contribution in [3.8, 4) is 17.2 Å². The third kappa shape index (κ3) is 4.88. The molecule has 1 amide bonds. The summed E-state index contributed by atoms with van der Waals surface area (Å²) in [4.78, 5) is 24.4. The van der Waals surface area contributed by atoms with Gasteiger partial charge in [0.25, 0.3) is 5.91 Å². The van der Waals surface area contributed by atoms with Crippen LogP contribution >= 0.6 is 0 Å². The number of carbonyl (C=O) groups is 2. The highest BCUT2D eigenvalue weighted by molar-refractivity contribution is 5.97. The third-order valence-electron chi connectivity index (χ3n) is 3.79. The van der Waals surface area contributed by atoms with Crippen molar-refractivity contribution in [3.63, 3.8) is 0 Å². The molecular formula is C22H19NO5. The molecule has 0 saturated heterocycles. The minimum Gasteiger partial charge on any atom is -0.496 e. The van der Waals surface area contributed by atoms with E-state index >= 15 is 0 Å². The second kappa shape index (κ2) is 9.23. The first-order valence-electron chi connectivity index (χ1n) is 8.59. The van der Waals surface area contributed by atoms with Gasteiger partial charge in [-0.15, -0.1) is 0 Å². The van der Waals surface area contributed by atoms with Gasteiger partial charge in [0.05, 0.1) is 12.8 Å². The van der Waals surface area contributed by atoms with Crippen LogP contribution in [0.2, 0.25) is 0 Å². The molecule has 0 fully saturated rings. The molecule has 28 heavy (non-hydrogen) atoms. The molecule has 6 heteroatoms. The zero-order chi connectivity index (χ0) is 19.8. The maximum atomic E-state index is 12.2. The van der Waals surface area contributed by atoms with E-state index in [9.17, 15) is 9.59 Å². The predicted octanol–water partition coefficient (Wildman–Crippen LogP) is 4.28. The van der Waals surface area contributed by atoms with Gasteiger partial charge in [0.1, 0.15) is 17.1 Å². The van der Waals surface area contributed by atoms with E-state index in [4.69, 9.17) is 14.2 Å². The van der Waals surface area contributed by atoms with Gasteiger partial charge in [0, 0.05) is 0 Å². The molecule has 0 spiro atoms. The Morgan fingerprint density at radius 3 is 2.21 bits per heavy atom. The van der Waals surface area contributed by atoms with Crippen LogP contribution in [0.15, 0.2) is 78.9 Å². The van der Waals surface area contributed by atoms with Crippen LogP contribution in [0.3, 0.4) is 0 Å². The Labute approximate surface area is 162 Å². The summed E-state index contributed by atoms with van der Waals surface area (Å²) in [5, 5.41) is 2.69. The molecule has 1 N–H and O–H groups in total. The van der Waals surface area contributed by atoms with Crippen molar-refractivity contribution in [1.29, 1.82) is 0 Å². The lowest BCUT2D eigenvalue weighted by molar-refractivity contribution is -0.119. The van der Waals surface area contributed by atoms with E-state index in [1.807, 2.05) is 30.3 Å². The Balaban J connectivity index is 1.62. The van der Waals surface area contributed by atoms with Gasteiger partial charge in [0.15, 0.2) is 12.4 Å². The van der Waals surface area contributed by atoms with Gasteiger partial charge in [-0.25, -0.2) is 4.79 Å². The van der Waals surface area contributed by atoms with Gasteiger partial charge >= 0.3 is 5.97 Å². The predicted molar refractivity (Wildman–Crippen MR) is 105 cm³/mol. The van der Waals surface area contributed by atoms with Crippen LogP contribution in [-0.2, 0) is 9.53 Å². The molecule has 0 aliphatic carbocycles. The average molecular weight is 377 g/mol. The fourth-order valence-corrected chi connectivity index (χ4v) is 2.48. The van der Waals surface area contributed by atoms with E-state index in [-0.39, 0.29) is 5.56 Å². The first-order chi connectivity index (χ1) is 13.7. The normalized spacial score (nSPS) is 10.0. The molecule has 3 aromatic carbocycles. The Morgan fingerprint density at radius 1 is 0.821 bits per heavy atom. The molecule has 0 radical (unpaired) electrons. The molecule has 3 rings (SSSR count). The average Bonchev–Trinajstić information content (AvgIpc) is 2.74. The SMILES string of the molecule is COc1ccccc1C(=O)OCC(=O)Nc1ccccc1Oc1ccccc1. The molecular weight excluding hydrogens is 358 g/mol. The lowest BCUT2D eigenvalue weighted by Gasteiger charge is -2.12. The molecule has 0 unspecified atom stereocenters. The zero-order valence-corrected chi connectivity index (χ0v) is 15.3. The molecule has 0 aliphatic heterocycles. The second-order valence-electron chi connectivity index (χ2n) is 5.74. The monoisotopic (exact) mass is 377 g/mol. The van der Waals surface area contributed by atoms with Crippen LogP contribution in [0.1, 0.15) is 10.4 Å². The number of amides is 1. The Hall–Kier alpha value is -3.80. The molecule has 6 nitrogen and oxygen atoms in total. The minimum absolute atomic E-state index is 0.255. The lowest BCUT2D eigenvalue weighted by atomic mass is 10.2. The number of nitrogens with one attached hydrogen (secondary N) is 1. The summed E-state index contributed by atoms with van der Waals surface area (Å²) in [5.74, 6) is 0.396. The summed E-state index contributed by atoms with van der Waals surface area (Å²) in [7, 11) is 1.46. The number of para-hydroxylation sites is 4. The van der Waals surface area contributed by atoms with E-state index < -0.39 is 18.5 Å². The third-order valence-corrected chi connectivity index (χ3v) is 3.79. The van der Waals surface area contributed by atoms with Crippen molar-refractivity contribution in [2.24, 2.45) is 0 Å². The smallest absolute Gasteiger partial charge is 0.342 e. The minimum atomic E-state index is -0.638. The van der Waals surface area contributed by atoms with Gasteiger partial charge in [-0.3, -0.25) is 4.79 Å². The van der Waals surface area contributed by atoms with Gasteiger partial charge < -0.3 is 19.5 Å². The fourth-order valence-electron chi connectivity index (χ4n) is 2.48. The van der Waals surface area contributed by atoms with Crippen LogP contribution in [0.25, 0.3) is 0 Å². The number of carbonyl (C=O) groups excluding carboxylic acids is 2. The molecule has 0 saturated carbocycles. The van der Waals surface area contributed by atoms with E-state index in [1.165, 1.54) is 7.11 Å². The Kier molecular flexibility index (Phi) is 6.25. The van der Waals surface area contributed by atoms with Gasteiger partial charge in [-0.05, 0) is 36.4 Å². The van der Waals surface area contributed by atoms with E-state index in [0.29, 0.717) is 22.9 Å². The maximum Gasteiger partial charge on any atom is 0.342 e. The number of esters is 1. The number of rotatable bonds is 7. The second-order valence-corrected chi connectivity index (χ2v) is 5.74. The molecule has 142 valence electrons. The first kappa shape index (κ1) is 19.0. The summed E-state index contributed by atoms with van der Waals surface area (Å²) in [5.41, 5.74) is 0.732. The quantitative estimate of drug-likeness (QED) is 0.622. The molecule has 0 aromatic heterocycles. The van der Waals surface area contributed by atoms with Crippen molar-refractivity contribution in [1.82, 2.24) is 0 Å². The van der Waals surface area contributed by atoms with E-state index in [1.54, 1.807) is 48.5 Å². The molecule has 0 heterocycles. The van der Waals surface area contributed by atoms with Crippen molar-refractivity contribution in [3.05, 3.63) is 84.4 Å². The number of ether oxygens (including phenoxy) is 3. The number of anilines is 1. The topological polar surface area (TPSA) is 73.9 Å². The molecule has 0 bridgehead atoms. The highest BCUT2D eigenvalue weighted by atomic mass is 16.5. The molecule has 0 aliphatic rings. The van der Waals surface area contributed by atoms with Crippen LogP contribution in [0.4, 0.5) is 5.69 Å².